The van der Waals surface area contributed by atoms with Gasteiger partial charge in [-0.25, -0.2) is 0 Å². The second-order valence-corrected chi connectivity index (χ2v) is 5.84. The van der Waals surface area contributed by atoms with Crippen molar-refractivity contribution in [2.75, 3.05) is 6.79 Å². The van der Waals surface area contributed by atoms with Crippen molar-refractivity contribution in [1.82, 2.24) is 5.32 Å². The maximum atomic E-state index is 12.4. The number of carboxylic acid groups (broad SMARTS) is 1. The summed E-state index contributed by atoms with van der Waals surface area (Å²) in [5.74, 6) is 0.0653. The van der Waals surface area contributed by atoms with Crippen LogP contribution in [0, 0.1) is 5.92 Å². The third-order valence-corrected chi connectivity index (χ3v) is 4.56. The van der Waals surface area contributed by atoms with E-state index in [4.69, 9.17) is 14.6 Å². The zero-order valence-electron chi connectivity index (χ0n) is 11.7. The zero-order chi connectivity index (χ0) is 15.3. The number of ether oxygens (including phenoxy) is 2. The molecule has 6 nitrogen and oxygen atoms in total. The average molecular weight is 301 g/mol. The highest BCUT2D eigenvalue weighted by Crippen LogP contribution is 2.43. The summed E-state index contributed by atoms with van der Waals surface area (Å²) in [7, 11) is 0. The zero-order valence-corrected chi connectivity index (χ0v) is 11.7. The molecule has 4 rings (SSSR count). The predicted molar refractivity (Wildman–Crippen MR) is 76.1 cm³/mol. The van der Waals surface area contributed by atoms with Gasteiger partial charge in [-0.1, -0.05) is 12.2 Å². The largest absolute Gasteiger partial charge is 0.481 e. The van der Waals surface area contributed by atoms with Crippen molar-refractivity contribution < 1.29 is 24.2 Å². The van der Waals surface area contributed by atoms with Gasteiger partial charge in [0.2, 0.25) is 6.79 Å². The standard InChI is InChI=1S/C16H15NO5/c18-14(19)4-8-2-1-3-9-10-5-12-13(22-7-21-12)6-11(10)16(20)17-15(8)9/h1,3,5-6,8-9,15H,2,4,7H2,(H,17,20)(H,18,19). The van der Waals surface area contributed by atoms with Crippen LogP contribution in [0.2, 0.25) is 0 Å². The maximum Gasteiger partial charge on any atom is 0.303 e. The van der Waals surface area contributed by atoms with Crippen molar-refractivity contribution >= 4 is 11.9 Å². The summed E-state index contributed by atoms with van der Waals surface area (Å²) in [6.45, 7) is 0.158. The summed E-state index contributed by atoms with van der Waals surface area (Å²) in [5.41, 5.74) is 1.45. The van der Waals surface area contributed by atoms with E-state index in [-0.39, 0.29) is 37.0 Å². The van der Waals surface area contributed by atoms with E-state index in [0.717, 1.165) is 5.56 Å². The van der Waals surface area contributed by atoms with Gasteiger partial charge < -0.3 is 19.9 Å². The highest BCUT2D eigenvalue weighted by Gasteiger charge is 2.40. The third-order valence-electron chi connectivity index (χ3n) is 4.56. The van der Waals surface area contributed by atoms with Crippen LogP contribution in [0.25, 0.3) is 0 Å². The number of nitrogens with one attached hydrogen (secondary N) is 1. The average Bonchev–Trinajstić information content (AvgIpc) is 2.93. The van der Waals surface area contributed by atoms with Crippen LogP contribution in [0.4, 0.5) is 0 Å². The van der Waals surface area contributed by atoms with Crippen LogP contribution in [0.15, 0.2) is 24.3 Å². The van der Waals surface area contributed by atoms with Crippen molar-refractivity contribution in [3.05, 3.63) is 35.4 Å². The third kappa shape index (κ3) is 1.94. The van der Waals surface area contributed by atoms with E-state index < -0.39 is 5.97 Å². The Labute approximate surface area is 126 Å². The van der Waals surface area contributed by atoms with Crippen molar-refractivity contribution in [3.8, 4) is 11.5 Å². The van der Waals surface area contributed by atoms with Gasteiger partial charge in [0.25, 0.3) is 5.91 Å². The van der Waals surface area contributed by atoms with Gasteiger partial charge in [0.1, 0.15) is 0 Å². The summed E-state index contributed by atoms with van der Waals surface area (Å²) in [6, 6.07) is 3.36. The number of carbonyl (C=O) groups is 2. The molecule has 0 aromatic heterocycles. The van der Waals surface area contributed by atoms with Crippen LogP contribution in [0.1, 0.15) is 34.7 Å². The molecule has 0 spiro atoms. The van der Waals surface area contributed by atoms with Gasteiger partial charge in [-0.2, -0.15) is 0 Å². The minimum absolute atomic E-state index is 0.0275. The number of hydrogen-bond acceptors (Lipinski definition) is 4. The van der Waals surface area contributed by atoms with Gasteiger partial charge in [0.05, 0.1) is 6.42 Å². The Hall–Kier alpha value is -2.50. The van der Waals surface area contributed by atoms with Crippen LogP contribution in [-0.2, 0) is 4.79 Å². The minimum atomic E-state index is -0.843. The first-order chi connectivity index (χ1) is 10.6. The number of hydrogen-bond donors (Lipinski definition) is 2. The molecule has 1 amide bonds. The number of rotatable bonds is 2. The molecule has 1 aliphatic carbocycles. The molecule has 0 saturated carbocycles. The molecule has 3 unspecified atom stereocenters. The van der Waals surface area contributed by atoms with Crippen LogP contribution in [-0.4, -0.2) is 29.8 Å². The highest BCUT2D eigenvalue weighted by molar-refractivity contribution is 5.98. The molecular formula is C16H15NO5. The van der Waals surface area contributed by atoms with E-state index >= 15 is 0 Å². The molecule has 2 heterocycles. The lowest BCUT2D eigenvalue weighted by Crippen LogP contribution is -2.49. The molecule has 1 aromatic rings. The number of benzene rings is 1. The summed E-state index contributed by atoms with van der Waals surface area (Å²) in [6.07, 6.45) is 4.75. The monoisotopic (exact) mass is 301 g/mol. The molecule has 2 N–H and O–H groups in total. The summed E-state index contributed by atoms with van der Waals surface area (Å²) in [5, 5.41) is 12.0. The van der Waals surface area contributed by atoms with E-state index in [1.807, 2.05) is 18.2 Å². The Bertz CT molecular complexity index is 696. The van der Waals surface area contributed by atoms with Crippen LogP contribution < -0.4 is 14.8 Å². The number of carboxylic acids is 1. The van der Waals surface area contributed by atoms with Gasteiger partial charge in [0.15, 0.2) is 11.5 Å². The van der Waals surface area contributed by atoms with Crippen molar-refractivity contribution in [2.45, 2.75) is 24.8 Å². The smallest absolute Gasteiger partial charge is 0.303 e. The molecule has 3 atom stereocenters. The fourth-order valence-electron chi connectivity index (χ4n) is 3.56. The van der Waals surface area contributed by atoms with E-state index in [0.29, 0.717) is 23.5 Å². The van der Waals surface area contributed by atoms with E-state index in [9.17, 15) is 9.59 Å². The Morgan fingerprint density at radius 2 is 2.09 bits per heavy atom. The van der Waals surface area contributed by atoms with Crippen LogP contribution >= 0.6 is 0 Å². The van der Waals surface area contributed by atoms with Crippen LogP contribution in [0.5, 0.6) is 11.5 Å². The quantitative estimate of drug-likeness (QED) is 0.812. The molecule has 3 aliphatic rings. The first-order valence-electron chi connectivity index (χ1n) is 7.26. The van der Waals surface area contributed by atoms with Gasteiger partial charge in [-0.3, -0.25) is 9.59 Å². The second-order valence-electron chi connectivity index (χ2n) is 5.84. The second kappa shape index (κ2) is 4.76. The number of carbonyl (C=O) groups excluding carboxylic acids is 1. The number of aliphatic carboxylic acids is 1. The van der Waals surface area contributed by atoms with Crippen molar-refractivity contribution in [3.63, 3.8) is 0 Å². The molecule has 0 bridgehead atoms. The Kier molecular flexibility index (Phi) is 2.85. The van der Waals surface area contributed by atoms with E-state index in [2.05, 4.69) is 5.32 Å². The normalized spacial score (nSPS) is 27.8. The van der Waals surface area contributed by atoms with Gasteiger partial charge in [-0.05, 0) is 30.0 Å². The molecule has 2 aliphatic heterocycles. The molecule has 6 heteroatoms. The Balaban J connectivity index is 1.77. The first kappa shape index (κ1) is 13.2. The number of allylic oxidation sites excluding steroid dienone is 1. The molecular weight excluding hydrogens is 286 g/mol. The molecule has 114 valence electrons. The fourth-order valence-corrected chi connectivity index (χ4v) is 3.56. The Morgan fingerprint density at radius 1 is 1.32 bits per heavy atom. The number of amides is 1. The summed E-state index contributed by atoms with van der Waals surface area (Å²) in [4.78, 5) is 23.4. The molecule has 1 aromatic carbocycles. The molecule has 0 fully saturated rings. The minimum Gasteiger partial charge on any atom is -0.481 e. The molecule has 0 saturated heterocycles. The van der Waals surface area contributed by atoms with Gasteiger partial charge >= 0.3 is 5.97 Å². The summed E-state index contributed by atoms with van der Waals surface area (Å²) < 4.78 is 10.7. The van der Waals surface area contributed by atoms with Crippen molar-refractivity contribution in [1.29, 1.82) is 0 Å². The fraction of sp³-hybridized carbons (Fsp3) is 0.375. The maximum absolute atomic E-state index is 12.4. The molecule has 22 heavy (non-hydrogen) atoms. The summed E-state index contributed by atoms with van der Waals surface area (Å²) >= 11 is 0. The Morgan fingerprint density at radius 3 is 2.86 bits per heavy atom. The van der Waals surface area contributed by atoms with Gasteiger partial charge in [-0.15, -0.1) is 0 Å². The lowest BCUT2D eigenvalue weighted by molar-refractivity contribution is -0.138. The topological polar surface area (TPSA) is 84.9 Å². The predicted octanol–water partition coefficient (Wildman–Crippen LogP) is 1.66. The number of fused-ring (bicyclic) bond motifs is 4. The van der Waals surface area contributed by atoms with Gasteiger partial charge in [0, 0.05) is 17.5 Å². The van der Waals surface area contributed by atoms with E-state index in [1.165, 1.54) is 0 Å². The van der Waals surface area contributed by atoms with Crippen molar-refractivity contribution in [2.24, 2.45) is 5.92 Å². The molecule has 0 radical (unpaired) electrons. The lowest BCUT2D eigenvalue weighted by atomic mass is 9.73. The van der Waals surface area contributed by atoms with E-state index in [1.54, 1.807) is 6.07 Å². The highest BCUT2D eigenvalue weighted by atomic mass is 16.7. The first-order valence-corrected chi connectivity index (χ1v) is 7.26. The lowest BCUT2D eigenvalue weighted by Gasteiger charge is -2.39. The van der Waals surface area contributed by atoms with Crippen LogP contribution in [0.3, 0.4) is 0 Å². The SMILES string of the molecule is O=C(O)CC1CC=CC2c3cc4c(cc3C(=O)NC12)OCO4.